The summed E-state index contributed by atoms with van der Waals surface area (Å²) in [6.45, 7) is 2.07. The van der Waals surface area contributed by atoms with E-state index >= 15 is 0 Å². The van der Waals surface area contributed by atoms with Crippen molar-refractivity contribution in [1.82, 2.24) is 5.32 Å². The lowest BCUT2D eigenvalue weighted by atomic mass is 9.97. The van der Waals surface area contributed by atoms with Crippen LogP contribution in [0.15, 0.2) is 24.3 Å². The van der Waals surface area contributed by atoms with Crippen molar-refractivity contribution in [1.29, 1.82) is 0 Å². The van der Waals surface area contributed by atoms with E-state index in [2.05, 4.69) is 5.32 Å². The number of nitrogens with one attached hydrogen (secondary N) is 1. The highest BCUT2D eigenvalue weighted by atomic mass is 16.6. The maximum Gasteiger partial charge on any atom is 0.269 e. The number of non-ortho nitro benzene ring substituents is 1. The van der Waals surface area contributed by atoms with Crippen LogP contribution in [0.2, 0.25) is 0 Å². The van der Waals surface area contributed by atoms with Gasteiger partial charge in [-0.3, -0.25) is 14.9 Å². The van der Waals surface area contributed by atoms with Crippen LogP contribution < -0.4 is 5.32 Å². The van der Waals surface area contributed by atoms with E-state index < -0.39 is 4.92 Å². The van der Waals surface area contributed by atoms with Crippen molar-refractivity contribution in [2.45, 2.75) is 31.9 Å². The number of carbonyl (C=O) groups excluding carboxylic acids is 1. The van der Waals surface area contributed by atoms with Crippen LogP contribution in [0.1, 0.15) is 31.4 Å². The van der Waals surface area contributed by atoms with E-state index in [0.717, 1.165) is 12.0 Å². The van der Waals surface area contributed by atoms with Gasteiger partial charge in [-0.2, -0.15) is 0 Å². The van der Waals surface area contributed by atoms with Crippen molar-refractivity contribution >= 4 is 11.6 Å². The molecule has 19 heavy (non-hydrogen) atoms. The van der Waals surface area contributed by atoms with E-state index in [1.54, 1.807) is 12.1 Å². The third-order valence-corrected chi connectivity index (χ3v) is 3.17. The lowest BCUT2D eigenvalue weighted by Crippen LogP contribution is -2.38. The summed E-state index contributed by atoms with van der Waals surface area (Å²) in [5.74, 6) is -0.0469. The Kier molecular flexibility index (Phi) is 4.11. The molecule has 1 N–H and O–H groups in total. The smallest absolute Gasteiger partial charge is 0.269 e. The summed E-state index contributed by atoms with van der Waals surface area (Å²) >= 11 is 0. The Morgan fingerprint density at radius 1 is 1.42 bits per heavy atom. The van der Waals surface area contributed by atoms with Gasteiger partial charge in [-0.25, -0.2) is 0 Å². The van der Waals surface area contributed by atoms with Crippen LogP contribution >= 0.6 is 0 Å². The van der Waals surface area contributed by atoms with Crippen molar-refractivity contribution in [2.75, 3.05) is 6.61 Å². The van der Waals surface area contributed by atoms with Gasteiger partial charge in [0.1, 0.15) is 0 Å². The predicted octanol–water partition coefficient (Wildman–Crippen LogP) is 1.95. The molecule has 1 aliphatic heterocycles. The minimum atomic E-state index is -0.425. The molecule has 1 saturated heterocycles. The number of amides is 1. The molecule has 2 atom stereocenters. The molecular formula is C13H16N2O4. The maximum atomic E-state index is 11.0. The van der Waals surface area contributed by atoms with Crippen LogP contribution in [-0.2, 0) is 9.53 Å². The summed E-state index contributed by atoms with van der Waals surface area (Å²) in [5.41, 5.74) is 0.971. The Hall–Kier alpha value is -1.95. The molecule has 2 rings (SSSR count). The Labute approximate surface area is 110 Å². The summed E-state index contributed by atoms with van der Waals surface area (Å²) in [7, 11) is 0. The highest BCUT2D eigenvalue weighted by molar-refractivity contribution is 5.73. The standard InChI is InChI=1S/C13H16N2O4/c1-9(16)14-11-6-7-19-13(8-11)10-2-4-12(5-3-10)15(17)18/h2-5,11,13H,6-8H2,1H3,(H,14,16)/t11-,13+/m0/s1. The van der Waals surface area contributed by atoms with E-state index in [0.29, 0.717) is 13.0 Å². The molecule has 1 aliphatic rings. The van der Waals surface area contributed by atoms with Gasteiger partial charge in [0.25, 0.3) is 5.69 Å². The SMILES string of the molecule is CC(=O)N[C@H]1CCO[C@@H](c2ccc([N+](=O)[O-])cc2)C1. The third kappa shape index (κ3) is 3.51. The van der Waals surface area contributed by atoms with Gasteiger partial charge in [-0.05, 0) is 30.5 Å². The van der Waals surface area contributed by atoms with Crippen molar-refractivity contribution < 1.29 is 14.5 Å². The number of nitrogens with zero attached hydrogens (tertiary/aromatic N) is 1. The number of nitro benzene ring substituents is 1. The molecule has 0 radical (unpaired) electrons. The summed E-state index contributed by atoms with van der Waals surface area (Å²) in [5, 5.41) is 13.5. The van der Waals surface area contributed by atoms with Gasteiger partial charge in [0, 0.05) is 31.7 Å². The molecule has 1 fully saturated rings. The van der Waals surface area contributed by atoms with Crippen LogP contribution in [0.3, 0.4) is 0 Å². The lowest BCUT2D eigenvalue weighted by molar-refractivity contribution is -0.384. The Morgan fingerprint density at radius 3 is 2.68 bits per heavy atom. The van der Waals surface area contributed by atoms with E-state index in [1.165, 1.54) is 19.1 Å². The number of ether oxygens (including phenoxy) is 1. The first-order valence-corrected chi connectivity index (χ1v) is 6.19. The first-order valence-electron chi connectivity index (χ1n) is 6.19. The first-order chi connectivity index (χ1) is 9.06. The molecule has 102 valence electrons. The Bertz CT molecular complexity index is 472. The lowest BCUT2D eigenvalue weighted by Gasteiger charge is -2.30. The predicted molar refractivity (Wildman–Crippen MR) is 68.6 cm³/mol. The number of hydrogen-bond donors (Lipinski definition) is 1. The van der Waals surface area contributed by atoms with Gasteiger partial charge >= 0.3 is 0 Å². The highest BCUT2D eigenvalue weighted by Gasteiger charge is 2.24. The first kappa shape index (κ1) is 13.5. The molecule has 1 aromatic carbocycles. The number of nitro groups is 1. The third-order valence-electron chi connectivity index (χ3n) is 3.17. The zero-order valence-corrected chi connectivity index (χ0v) is 10.7. The van der Waals surface area contributed by atoms with Crippen molar-refractivity contribution in [3.63, 3.8) is 0 Å². The zero-order valence-electron chi connectivity index (χ0n) is 10.7. The average Bonchev–Trinajstić information content (AvgIpc) is 2.38. The second-order valence-electron chi connectivity index (χ2n) is 4.63. The number of hydrogen-bond acceptors (Lipinski definition) is 4. The van der Waals surface area contributed by atoms with Crippen molar-refractivity contribution in [3.05, 3.63) is 39.9 Å². The minimum absolute atomic E-state index is 0.0469. The van der Waals surface area contributed by atoms with Crippen LogP contribution in [-0.4, -0.2) is 23.5 Å². The molecule has 6 nitrogen and oxygen atoms in total. The fraction of sp³-hybridized carbons (Fsp3) is 0.462. The molecule has 0 spiro atoms. The minimum Gasteiger partial charge on any atom is -0.373 e. The maximum absolute atomic E-state index is 11.0. The summed E-state index contributed by atoms with van der Waals surface area (Å²) in [6.07, 6.45) is 1.37. The van der Waals surface area contributed by atoms with Gasteiger partial charge in [0.05, 0.1) is 11.0 Å². The Morgan fingerprint density at radius 2 is 2.11 bits per heavy atom. The average molecular weight is 264 g/mol. The van der Waals surface area contributed by atoms with Gasteiger partial charge in [0.15, 0.2) is 0 Å². The molecule has 1 heterocycles. The van der Waals surface area contributed by atoms with Crippen LogP contribution in [0.5, 0.6) is 0 Å². The highest BCUT2D eigenvalue weighted by Crippen LogP contribution is 2.29. The topological polar surface area (TPSA) is 81.5 Å². The molecule has 0 saturated carbocycles. The fourth-order valence-corrected chi connectivity index (χ4v) is 2.26. The molecular weight excluding hydrogens is 248 g/mol. The van der Waals surface area contributed by atoms with Gasteiger partial charge in [-0.1, -0.05) is 0 Å². The van der Waals surface area contributed by atoms with Gasteiger partial charge in [-0.15, -0.1) is 0 Å². The van der Waals surface area contributed by atoms with E-state index in [4.69, 9.17) is 4.74 Å². The molecule has 1 amide bonds. The summed E-state index contributed by atoms with van der Waals surface area (Å²) in [6, 6.07) is 6.46. The van der Waals surface area contributed by atoms with E-state index in [1.807, 2.05) is 0 Å². The van der Waals surface area contributed by atoms with Crippen LogP contribution in [0.25, 0.3) is 0 Å². The summed E-state index contributed by atoms with van der Waals surface area (Å²) in [4.78, 5) is 21.2. The van der Waals surface area contributed by atoms with Gasteiger partial charge < -0.3 is 10.1 Å². The monoisotopic (exact) mass is 264 g/mol. The molecule has 1 aromatic rings. The molecule has 0 unspecified atom stereocenters. The van der Waals surface area contributed by atoms with Crippen LogP contribution in [0.4, 0.5) is 5.69 Å². The molecule has 0 aromatic heterocycles. The van der Waals surface area contributed by atoms with Crippen LogP contribution in [0, 0.1) is 10.1 Å². The number of benzene rings is 1. The Balaban J connectivity index is 2.04. The molecule has 6 heteroatoms. The van der Waals surface area contributed by atoms with Crippen molar-refractivity contribution in [2.24, 2.45) is 0 Å². The fourth-order valence-electron chi connectivity index (χ4n) is 2.26. The molecule has 0 bridgehead atoms. The van der Waals surface area contributed by atoms with E-state index in [-0.39, 0.29) is 23.7 Å². The van der Waals surface area contributed by atoms with Gasteiger partial charge in [0.2, 0.25) is 5.91 Å². The normalized spacial score (nSPS) is 22.8. The summed E-state index contributed by atoms with van der Waals surface area (Å²) < 4.78 is 5.66. The quantitative estimate of drug-likeness (QED) is 0.668. The second-order valence-corrected chi connectivity index (χ2v) is 4.63. The largest absolute Gasteiger partial charge is 0.373 e. The molecule has 0 aliphatic carbocycles. The van der Waals surface area contributed by atoms with E-state index in [9.17, 15) is 14.9 Å². The number of carbonyl (C=O) groups is 1. The zero-order chi connectivity index (χ0) is 13.8. The number of rotatable bonds is 3. The van der Waals surface area contributed by atoms with Crippen molar-refractivity contribution in [3.8, 4) is 0 Å². The second kappa shape index (κ2) is 5.79.